The number of pyridine rings is 1. The monoisotopic (exact) mass is 382 g/mol. The van der Waals surface area contributed by atoms with Gasteiger partial charge in [-0.2, -0.15) is 0 Å². The molecule has 6 heteroatoms. The van der Waals surface area contributed by atoms with Crippen LogP contribution in [0.25, 0.3) is 0 Å². The molecule has 1 N–H and O–H groups in total. The van der Waals surface area contributed by atoms with E-state index >= 15 is 0 Å². The maximum Gasteiger partial charge on any atom is 0.410 e. The van der Waals surface area contributed by atoms with E-state index in [4.69, 9.17) is 9.47 Å². The molecule has 28 heavy (non-hydrogen) atoms. The van der Waals surface area contributed by atoms with Gasteiger partial charge in [0.25, 0.3) is 0 Å². The smallest absolute Gasteiger partial charge is 0.410 e. The van der Waals surface area contributed by atoms with Gasteiger partial charge in [-0.3, -0.25) is 4.98 Å². The van der Waals surface area contributed by atoms with E-state index < -0.39 is 5.60 Å². The number of piperidine rings is 2. The van der Waals surface area contributed by atoms with Gasteiger partial charge in [0.15, 0.2) is 0 Å². The van der Waals surface area contributed by atoms with E-state index in [0.717, 1.165) is 30.4 Å². The van der Waals surface area contributed by atoms with E-state index in [1.807, 2.05) is 41.3 Å². The fourth-order valence-corrected chi connectivity index (χ4v) is 4.54. The molecule has 0 saturated carbocycles. The summed E-state index contributed by atoms with van der Waals surface area (Å²) < 4.78 is 10.8. The highest BCUT2D eigenvalue weighted by molar-refractivity contribution is 5.69. The molecule has 1 aromatic carbocycles. The molecule has 2 saturated heterocycles. The Balaban J connectivity index is 1.49. The lowest BCUT2D eigenvalue weighted by atomic mass is 9.73. The van der Waals surface area contributed by atoms with E-state index in [9.17, 15) is 9.90 Å². The van der Waals surface area contributed by atoms with Gasteiger partial charge >= 0.3 is 6.09 Å². The van der Waals surface area contributed by atoms with Gasteiger partial charge in [0.1, 0.15) is 12.4 Å². The van der Waals surface area contributed by atoms with Gasteiger partial charge in [-0.1, -0.05) is 30.3 Å². The van der Waals surface area contributed by atoms with Gasteiger partial charge in [0.05, 0.1) is 18.9 Å². The molecular formula is C22H26N2O4. The van der Waals surface area contributed by atoms with Crippen LogP contribution < -0.4 is 4.74 Å². The topological polar surface area (TPSA) is 71.9 Å². The minimum atomic E-state index is -1.01. The third-order valence-electron chi connectivity index (χ3n) is 5.91. The molecule has 2 fully saturated rings. The van der Waals surface area contributed by atoms with Crippen molar-refractivity contribution in [2.75, 3.05) is 7.11 Å². The Hall–Kier alpha value is -2.60. The number of nitrogens with zero attached hydrogens (tertiary/aromatic N) is 2. The number of rotatable bonds is 4. The van der Waals surface area contributed by atoms with Crippen molar-refractivity contribution in [3.8, 4) is 5.75 Å². The van der Waals surface area contributed by atoms with Gasteiger partial charge in [0.2, 0.25) is 0 Å². The summed E-state index contributed by atoms with van der Waals surface area (Å²) in [6, 6.07) is 11.5. The molecule has 2 bridgehead atoms. The molecule has 1 aromatic heterocycles. The van der Waals surface area contributed by atoms with Crippen LogP contribution in [0, 0.1) is 0 Å². The summed E-state index contributed by atoms with van der Waals surface area (Å²) in [5.74, 6) is 0.626. The summed E-state index contributed by atoms with van der Waals surface area (Å²) in [7, 11) is 1.59. The number of aliphatic hydroxyl groups is 1. The number of benzene rings is 1. The van der Waals surface area contributed by atoms with Crippen molar-refractivity contribution in [3.63, 3.8) is 0 Å². The number of aromatic nitrogens is 1. The molecule has 0 radical (unpaired) electrons. The lowest BCUT2D eigenvalue weighted by molar-refractivity contribution is -0.0898. The van der Waals surface area contributed by atoms with Crippen molar-refractivity contribution in [3.05, 3.63) is 59.9 Å². The molecule has 4 rings (SSSR count). The summed E-state index contributed by atoms with van der Waals surface area (Å²) in [6.45, 7) is 0.264. The zero-order valence-corrected chi connectivity index (χ0v) is 16.1. The number of methoxy groups -OCH3 is 1. The van der Waals surface area contributed by atoms with Crippen LogP contribution in [-0.4, -0.2) is 40.3 Å². The second-order valence-electron chi connectivity index (χ2n) is 7.74. The average molecular weight is 382 g/mol. The fraction of sp³-hybridized carbons (Fsp3) is 0.455. The quantitative estimate of drug-likeness (QED) is 0.874. The minimum Gasteiger partial charge on any atom is -0.495 e. The van der Waals surface area contributed by atoms with Crippen LogP contribution in [0.1, 0.15) is 43.2 Å². The number of carbonyl (C=O) groups excluding carboxylic acids is 1. The Morgan fingerprint density at radius 3 is 2.61 bits per heavy atom. The number of ether oxygens (including phenoxy) is 2. The zero-order valence-electron chi connectivity index (χ0n) is 16.1. The summed E-state index contributed by atoms with van der Waals surface area (Å²) >= 11 is 0. The zero-order chi connectivity index (χ0) is 19.6. The number of hydrogen-bond acceptors (Lipinski definition) is 5. The highest BCUT2D eigenvalue weighted by atomic mass is 16.6. The molecule has 0 spiro atoms. The molecule has 1 amide bonds. The van der Waals surface area contributed by atoms with Crippen molar-refractivity contribution in [2.24, 2.45) is 0 Å². The van der Waals surface area contributed by atoms with Gasteiger partial charge in [-0.05, 0) is 30.9 Å². The van der Waals surface area contributed by atoms with Gasteiger partial charge in [0, 0.05) is 36.7 Å². The standard InChI is InChI=1S/C22H26N2O4/c1-27-20-10-17(13-23-14-20)22(26)11-18-8-5-9-19(12-22)24(18)21(25)28-15-16-6-3-2-4-7-16/h2-4,6-7,10,13-14,18-19,26H,5,8-9,11-12,15H2,1H3. The van der Waals surface area contributed by atoms with Gasteiger partial charge in [-0.25, -0.2) is 4.79 Å². The Bertz CT molecular complexity index is 812. The first-order valence-electron chi connectivity index (χ1n) is 9.80. The second-order valence-corrected chi connectivity index (χ2v) is 7.74. The van der Waals surface area contributed by atoms with Crippen molar-refractivity contribution >= 4 is 6.09 Å². The van der Waals surface area contributed by atoms with E-state index in [0.29, 0.717) is 18.6 Å². The van der Waals surface area contributed by atoms with Gasteiger partial charge in [-0.15, -0.1) is 0 Å². The van der Waals surface area contributed by atoms with Gasteiger partial charge < -0.3 is 19.5 Å². The summed E-state index contributed by atoms with van der Waals surface area (Å²) in [5, 5.41) is 11.4. The summed E-state index contributed by atoms with van der Waals surface area (Å²) in [4.78, 5) is 18.9. The molecular weight excluding hydrogens is 356 g/mol. The SMILES string of the molecule is COc1cncc(C2(O)CC3CCCC(C2)N3C(=O)OCc2ccccc2)c1. The number of hydrogen-bond donors (Lipinski definition) is 1. The molecule has 148 valence electrons. The maximum absolute atomic E-state index is 12.8. The maximum atomic E-state index is 12.8. The predicted octanol–water partition coefficient (Wildman–Crippen LogP) is 3.63. The van der Waals surface area contributed by atoms with Crippen molar-refractivity contribution < 1.29 is 19.4 Å². The van der Waals surface area contributed by atoms with E-state index in [2.05, 4.69) is 4.98 Å². The Morgan fingerprint density at radius 1 is 1.21 bits per heavy atom. The van der Waals surface area contributed by atoms with Crippen LogP contribution >= 0.6 is 0 Å². The summed E-state index contributed by atoms with van der Waals surface area (Å²) in [5.41, 5.74) is 0.714. The molecule has 0 aliphatic carbocycles. The molecule has 2 aromatic rings. The molecule has 6 nitrogen and oxygen atoms in total. The van der Waals surface area contributed by atoms with Crippen LogP contribution in [0.2, 0.25) is 0 Å². The lowest BCUT2D eigenvalue weighted by Crippen LogP contribution is -2.58. The van der Waals surface area contributed by atoms with Crippen molar-refractivity contribution in [1.29, 1.82) is 0 Å². The first-order valence-corrected chi connectivity index (χ1v) is 9.80. The first kappa shape index (κ1) is 18.7. The van der Waals surface area contributed by atoms with Crippen molar-refractivity contribution in [1.82, 2.24) is 9.88 Å². The normalized spacial score (nSPS) is 26.6. The van der Waals surface area contributed by atoms with E-state index in [1.165, 1.54) is 0 Å². The van der Waals surface area contributed by atoms with Crippen LogP contribution in [0.3, 0.4) is 0 Å². The molecule has 2 atom stereocenters. The van der Waals surface area contributed by atoms with E-state index in [1.54, 1.807) is 19.5 Å². The van der Waals surface area contributed by atoms with E-state index in [-0.39, 0.29) is 24.8 Å². The molecule has 2 aliphatic heterocycles. The number of carbonyl (C=O) groups is 1. The highest BCUT2D eigenvalue weighted by Gasteiger charge is 2.48. The number of fused-ring (bicyclic) bond motifs is 2. The fourth-order valence-electron chi connectivity index (χ4n) is 4.54. The summed E-state index contributed by atoms with van der Waals surface area (Å²) in [6.07, 6.45) is 6.81. The third kappa shape index (κ3) is 3.69. The average Bonchev–Trinajstić information content (AvgIpc) is 2.72. The highest BCUT2D eigenvalue weighted by Crippen LogP contribution is 2.44. The predicted molar refractivity (Wildman–Crippen MR) is 104 cm³/mol. The second kappa shape index (κ2) is 7.80. The molecule has 2 unspecified atom stereocenters. The third-order valence-corrected chi connectivity index (χ3v) is 5.91. The van der Waals surface area contributed by atoms with Crippen LogP contribution in [0.4, 0.5) is 4.79 Å². The molecule has 2 aliphatic rings. The first-order chi connectivity index (χ1) is 13.6. The van der Waals surface area contributed by atoms with Crippen LogP contribution in [0.5, 0.6) is 5.75 Å². The minimum absolute atomic E-state index is 0.0352. The Kier molecular flexibility index (Phi) is 5.22. The Morgan fingerprint density at radius 2 is 1.93 bits per heavy atom. The lowest BCUT2D eigenvalue weighted by Gasteiger charge is -2.51. The van der Waals surface area contributed by atoms with Crippen LogP contribution in [0.15, 0.2) is 48.8 Å². The van der Waals surface area contributed by atoms with Crippen molar-refractivity contribution in [2.45, 2.75) is 56.4 Å². The largest absolute Gasteiger partial charge is 0.495 e. The number of amides is 1. The Labute approximate surface area is 165 Å². The van der Waals surface area contributed by atoms with Crippen LogP contribution in [-0.2, 0) is 16.9 Å². The molecule has 3 heterocycles.